The molecule has 0 saturated heterocycles. The van der Waals surface area contributed by atoms with E-state index in [9.17, 15) is 37.9 Å². The highest BCUT2D eigenvalue weighted by Crippen LogP contribution is 2.47. The maximum Gasteiger partial charge on any atom is 0.209 e. The molecule has 18 rings (SSSR count). The number of aromatic nitrogens is 8. The maximum absolute atomic E-state index is 11.7. The molecule has 8 aromatic carbocycles. The Kier molecular flexibility index (Phi) is 28.4. The molecular weight excluding hydrogens is 1720 g/mol. The molecule has 0 bridgehead atoms. The van der Waals surface area contributed by atoms with E-state index in [4.69, 9.17) is 18.9 Å². The van der Waals surface area contributed by atoms with Gasteiger partial charge in [-0.2, -0.15) is 21.0 Å². The second-order valence-electron chi connectivity index (χ2n) is 32.5. The predicted molar refractivity (Wildman–Crippen MR) is 505 cm³/mol. The number of nitrogens with zero attached hydrogens (tertiary/aromatic N) is 10. The molecule has 0 fully saturated rings. The number of nitrogens with one attached hydrogen (secondary N) is 6. The van der Waals surface area contributed by atoms with Crippen LogP contribution in [0.2, 0.25) is 0 Å². The summed E-state index contributed by atoms with van der Waals surface area (Å²) < 4.78 is 75.2. The van der Waals surface area contributed by atoms with E-state index >= 15 is 0 Å². The summed E-state index contributed by atoms with van der Waals surface area (Å²) in [5.74, 6) is 4.28. The molecule has 6 N–H and O–H groups in total. The van der Waals surface area contributed by atoms with Gasteiger partial charge in [0.2, 0.25) is 20.0 Å². The fourth-order valence-corrected chi connectivity index (χ4v) is 21.9. The number of hydrogen-bond donors (Lipinski definition) is 6. The van der Waals surface area contributed by atoms with Crippen molar-refractivity contribution in [3.05, 3.63) is 274 Å². The normalized spacial score (nSPS) is 15.3. The molecule has 4 atom stereocenters. The molecule has 128 heavy (non-hydrogen) atoms. The molecule has 14 aromatic rings. The van der Waals surface area contributed by atoms with Gasteiger partial charge >= 0.3 is 0 Å². The van der Waals surface area contributed by atoms with Gasteiger partial charge in [0.1, 0.15) is 79.0 Å². The number of thiazole rings is 4. The lowest BCUT2D eigenvalue weighted by Crippen LogP contribution is -2.25. The molecule has 0 unspecified atom stereocenters. The Balaban J connectivity index is 0.000000131. The van der Waals surface area contributed by atoms with Crippen LogP contribution in [0, 0.1) is 45.3 Å². The first-order chi connectivity index (χ1) is 61.7. The summed E-state index contributed by atoms with van der Waals surface area (Å²) in [6.45, 7) is 17.0. The van der Waals surface area contributed by atoms with Crippen molar-refractivity contribution in [1.82, 2.24) is 59.9 Å². The zero-order chi connectivity index (χ0) is 89.9. The Bertz CT molecular complexity index is 6360. The highest BCUT2D eigenvalue weighted by Gasteiger charge is 2.32. The number of aromatic amines is 2. The van der Waals surface area contributed by atoms with Gasteiger partial charge in [0.25, 0.3) is 0 Å². The fraction of sp³-hybridized carbons (Fsp3) is 0.286. The number of hydrogen-bond acceptors (Lipinski definition) is 24. The highest BCUT2D eigenvalue weighted by atomic mass is 32.2. The second-order valence-corrected chi connectivity index (χ2v) is 40.2. The van der Waals surface area contributed by atoms with Crippen LogP contribution in [0.4, 0.5) is 0 Å². The van der Waals surface area contributed by atoms with Gasteiger partial charge in [-0.15, -0.1) is 45.3 Å². The molecule has 4 aliphatic carbocycles. The van der Waals surface area contributed by atoms with Gasteiger partial charge < -0.3 is 39.5 Å². The minimum absolute atomic E-state index is 0.00870. The zero-order valence-electron chi connectivity index (χ0n) is 72.4. The van der Waals surface area contributed by atoms with Gasteiger partial charge in [0.05, 0.1) is 91.8 Å². The van der Waals surface area contributed by atoms with Crippen LogP contribution in [-0.4, -0.2) is 93.6 Å². The number of sulfonamides is 2. The van der Waals surface area contributed by atoms with E-state index in [1.807, 2.05) is 190 Å². The summed E-state index contributed by atoms with van der Waals surface area (Å²) in [7, 11) is -6.55. The zero-order valence-corrected chi connectivity index (χ0v) is 77.3. The molecule has 0 amide bonds. The number of imidazole rings is 2. The van der Waals surface area contributed by atoms with Crippen LogP contribution in [0.1, 0.15) is 184 Å². The Morgan fingerprint density at radius 3 is 0.867 bits per heavy atom. The summed E-state index contributed by atoms with van der Waals surface area (Å²) in [5, 5.41) is 48.8. The van der Waals surface area contributed by atoms with E-state index in [2.05, 4.69) is 133 Å². The van der Waals surface area contributed by atoms with Gasteiger partial charge in [-0.3, -0.25) is 0 Å². The van der Waals surface area contributed by atoms with Crippen LogP contribution >= 0.6 is 45.3 Å². The molecule has 6 heterocycles. The molecule has 0 radical (unpaired) electrons. The molecule has 6 aromatic heterocycles. The van der Waals surface area contributed by atoms with Crippen LogP contribution in [-0.2, 0) is 58.8 Å². The third-order valence-corrected chi connectivity index (χ3v) is 27.6. The van der Waals surface area contributed by atoms with Crippen LogP contribution in [0.5, 0.6) is 23.0 Å². The lowest BCUT2D eigenvalue weighted by molar-refractivity contribution is 0.241. The Morgan fingerprint density at radius 1 is 0.375 bits per heavy atom. The van der Waals surface area contributed by atoms with E-state index in [0.717, 1.165) is 171 Å². The van der Waals surface area contributed by atoms with Gasteiger partial charge in [-0.05, 0) is 246 Å². The van der Waals surface area contributed by atoms with Crippen molar-refractivity contribution in [2.45, 2.75) is 168 Å². The van der Waals surface area contributed by atoms with E-state index < -0.39 is 20.0 Å². The summed E-state index contributed by atoms with van der Waals surface area (Å²) >= 11 is 6.44. The molecule has 652 valence electrons. The van der Waals surface area contributed by atoms with Crippen LogP contribution in [0.25, 0.3) is 84.0 Å². The molecule has 0 aliphatic heterocycles. The van der Waals surface area contributed by atoms with Crippen molar-refractivity contribution < 1.29 is 35.8 Å². The number of nitriles is 4. The average molecular weight is 1820 g/mol. The largest absolute Gasteiger partial charge is 0.490 e. The smallest absolute Gasteiger partial charge is 0.209 e. The summed E-state index contributed by atoms with van der Waals surface area (Å²) in [6, 6.07) is 56.8. The molecule has 4 aliphatic rings. The third-order valence-electron chi connectivity index (χ3n) is 21.9. The van der Waals surface area contributed by atoms with Gasteiger partial charge in [0, 0.05) is 96.0 Å². The quantitative estimate of drug-likeness (QED) is 0.0293. The fourth-order valence-electron chi connectivity index (χ4n) is 16.5. The molecule has 0 saturated carbocycles. The van der Waals surface area contributed by atoms with Gasteiger partial charge in [-0.1, -0.05) is 72.8 Å². The first-order valence-corrected chi connectivity index (χ1v) is 49.3. The molecule has 0 spiro atoms. The van der Waals surface area contributed by atoms with Gasteiger partial charge in [0.15, 0.2) is 0 Å². The lowest BCUT2D eigenvalue weighted by atomic mass is 10.0. The molecular formula is C98H96N16O8S6. The third kappa shape index (κ3) is 21.7. The highest BCUT2D eigenvalue weighted by molar-refractivity contribution is 7.89. The number of H-pyrrole nitrogens is 2. The topological polar surface area (TPSA) is 357 Å². The summed E-state index contributed by atoms with van der Waals surface area (Å²) in [6.07, 6.45) is 24.6. The summed E-state index contributed by atoms with van der Waals surface area (Å²) in [5.41, 5.74) is 20.2. The second kappa shape index (κ2) is 40.3. The lowest BCUT2D eigenvalue weighted by Gasteiger charge is -2.14. The number of fused-ring (bicyclic) bond motifs is 4. The van der Waals surface area contributed by atoms with Crippen molar-refractivity contribution in [3.8, 4) is 131 Å². The Labute approximate surface area is 762 Å². The van der Waals surface area contributed by atoms with Crippen molar-refractivity contribution >= 4 is 65.4 Å². The standard InChI is InChI=1S/2C26H25N5OS.2C23H23N3O3S2/c2*1-16(2)32-23-9-6-17(12-18(23)13-27)26-31-14-24(33-26)21-5-3-4-20-19(21)7-8-22(20)30-15-25-28-10-11-29-25;2*1-14(2)29-21-10-7-15(11-16(21)12-24)23-25-13-22(30-23)19-6-4-5-18-17(19)8-9-20(18)26-31(3,27)28/h2*3-6,9-12,14,16,22,30H,7-8,15H2,1-2H3,(H,28,29);2*4-7,10-11,13-14,20,26H,8-9H2,1-3H3/t2*22-;2*20-/m1010/s1. The van der Waals surface area contributed by atoms with Crippen molar-refractivity contribution in [2.75, 3.05) is 12.5 Å². The predicted octanol–water partition coefficient (Wildman–Crippen LogP) is 20.6. The van der Waals surface area contributed by atoms with Crippen molar-refractivity contribution in [3.63, 3.8) is 0 Å². The SMILES string of the molecule is CC(C)Oc1ccc(-c2ncc(-c3cccc4c3CC[C@@H]4NCc3ncc[nH]3)s2)cc1C#N.CC(C)Oc1ccc(-c2ncc(-c3cccc4c3CC[C@@H]4NS(C)(=O)=O)s2)cc1C#N.CC(C)Oc1ccc(-c2ncc(-c3cccc4c3CC[C@H]4NCc3ncc[nH]3)s2)cc1C#N.CC(C)Oc1ccc(-c2ncc(-c3cccc4c3CC[C@H]4NS(C)(=O)=O)s2)cc1C#N. The summed E-state index contributed by atoms with van der Waals surface area (Å²) in [4.78, 5) is 37.8. The molecule has 30 heteroatoms. The van der Waals surface area contributed by atoms with E-state index in [0.29, 0.717) is 57.3 Å². The maximum atomic E-state index is 11.7. The van der Waals surface area contributed by atoms with Gasteiger partial charge in [-0.25, -0.2) is 56.2 Å². The average Bonchev–Trinajstić information content (AvgIpc) is 1.65. The van der Waals surface area contributed by atoms with Crippen molar-refractivity contribution in [1.29, 1.82) is 21.0 Å². The van der Waals surface area contributed by atoms with Crippen LogP contribution in [0.15, 0.2) is 195 Å². The first kappa shape index (κ1) is 90.4. The molecule has 24 nitrogen and oxygen atoms in total. The van der Waals surface area contributed by atoms with Crippen LogP contribution in [0.3, 0.4) is 0 Å². The number of benzene rings is 8. The number of rotatable bonds is 26. The number of ether oxygens (including phenoxy) is 4. The minimum Gasteiger partial charge on any atom is -0.490 e. The van der Waals surface area contributed by atoms with E-state index in [1.54, 1.807) is 57.7 Å². The monoisotopic (exact) mass is 1820 g/mol. The Hall–Kier alpha value is -12.4. The first-order valence-electron chi connectivity index (χ1n) is 42.3. The van der Waals surface area contributed by atoms with Crippen LogP contribution < -0.4 is 39.0 Å². The Morgan fingerprint density at radius 2 is 0.633 bits per heavy atom. The van der Waals surface area contributed by atoms with E-state index in [-0.39, 0.29) is 36.5 Å². The van der Waals surface area contributed by atoms with Crippen molar-refractivity contribution in [2.24, 2.45) is 0 Å². The minimum atomic E-state index is -3.27. The van der Waals surface area contributed by atoms with E-state index in [1.165, 1.54) is 45.9 Å².